The molecule has 0 aromatic heterocycles. The van der Waals surface area contributed by atoms with Crippen LogP contribution in [-0.2, 0) is 4.74 Å². The van der Waals surface area contributed by atoms with Crippen LogP contribution in [0.3, 0.4) is 0 Å². The number of hydrogen-bond donors (Lipinski definition) is 1. The smallest absolute Gasteiger partial charge is 0.0729 e. The van der Waals surface area contributed by atoms with Gasteiger partial charge in [0.25, 0.3) is 0 Å². The van der Waals surface area contributed by atoms with Gasteiger partial charge in [0.1, 0.15) is 0 Å². The van der Waals surface area contributed by atoms with E-state index in [1.54, 1.807) is 0 Å². The Hall–Kier alpha value is -0.0800. The van der Waals surface area contributed by atoms with Gasteiger partial charge < -0.3 is 10.1 Å². The fourth-order valence-electron chi connectivity index (χ4n) is 3.60. The van der Waals surface area contributed by atoms with Crippen LogP contribution in [0, 0.1) is 5.92 Å². The van der Waals surface area contributed by atoms with Gasteiger partial charge in [0.05, 0.1) is 12.7 Å². The molecule has 3 fully saturated rings. The van der Waals surface area contributed by atoms with Gasteiger partial charge in [-0.25, -0.2) is 0 Å². The molecule has 3 aliphatic rings. The molecule has 0 radical (unpaired) electrons. The molecule has 1 saturated heterocycles. The summed E-state index contributed by atoms with van der Waals surface area (Å²) in [7, 11) is 0. The normalized spacial score (nSPS) is 50.6. The van der Waals surface area contributed by atoms with E-state index in [2.05, 4.69) is 12.2 Å². The van der Waals surface area contributed by atoms with Gasteiger partial charge in [-0.3, -0.25) is 0 Å². The SMILES string of the molecule is CC1CCC2(CC1)COC1CCCC1N2. The molecule has 2 atom stereocenters. The van der Waals surface area contributed by atoms with Crippen LogP contribution in [0.5, 0.6) is 0 Å². The predicted octanol–water partition coefficient (Wildman–Crippen LogP) is 2.48. The monoisotopic (exact) mass is 209 g/mol. The highest BCUT2D eigenvalue weighted by molar-refractivity contribution is 5.01. The fourth-order valence-corrected chi connectivity index (χ4v) is 3.60. The lowest BCUT2D eigenvalue weighted by molar-refractivity contribution is -0.0651. The maximum Gasteiger partial charge on any atom is 0.0729 e. The Kier molecular flexibility index (Phi) is 2.52. The van der Waals surface area contributed by atoms with Crippen LogP contribution in [0.25, 0.3) is 0 Å². The van der Waals surface area contributed by atoms with Crippen molar-refractivity contribution in [2.24, 2.45) is 5.92 Å². The quantitative estimate of drug-likeness (QED) is 0.662. The predicted molar refractivity (Wildman–Crippen MR) is 60.9 cm³/mol. The summed E-state index contributed by atoms with van der Waals surface area (Å²) in [6, 6.07) is 0.673. The van der Waals surface area contributed by atoms with Gasteiger partial charge >= 0.3 is 0 Å². The third-order valence-electron chi connectivity index (χ3n) is 4.75. The van der Waals surface area contributed by atoms with Crippen molar-refractivity contribution in [2.45, 2.75) is 69.6 Å². The van der Waals surface area contributed by atoms with Crippen LogP contribution in [0.4, 0.5) is 0 Å². The van der Waals surface area contributed by atoms with E-state index in [0.29, 0.717) is 17.7 Å². The summed E-state index contributed by atoms with van der Waals surface area (Å²) in [5.41, 5.74) is 0.359. The van der Waals surface area contributed by atoms with E-state index in [1.807, 2.05) is 0 Å². The van der Waals surface area contributed by atoms with Crippen LogP contribution in [0.1, 0.15) is 51.9 Å². The standard InChI is InChI=1S/C13H23NO/c1-10-5-7-13(8-6-10)9-15-12-4-2-3-11(12)14-13/h10-12,14H,2-9H2,1H3. The van der Waals surface area contributed by atoms with Crippen LogP contribution < -0.4 is 5.32 Å². The molecule has 0 aromatic rings. The molecule has 86 valence electrons. The van der Waals surface area contributed by atoms with Crippen molar-refractivity contribution in [1.82, 2.24) is 5.32 Å². The lowest BCUT2D eigenvalue weighted by Gasteiger charge is -2.47. The van der Waals surface area contributed by atoms with E-state index in [0.717, 1.165) is 12.5 Å². The Morgan fingerprint density at radius 3 is 2.73 bits per heavy atom. The zero-order chi connectivity index (χ0) is 10.3. The second-order valence-corrected chi connectivity index (χ2v) is 5.99. The number of rotatable bonds is 0. The zero-order valence-electron chi connectivity index (χ0n) is 9.80. The summed E-state index contributed by atoms with van der Waals surface area (Å²) in [4.78, 5) is 0. The minimum Gasteiger partial charge on any atom is -0.375 e. The molecule has 1 aliphatic heterocycles. The maximum absolute atomic E-state index is 6.07. The number of fused-ring (bicyclic) bond motifs is 1. The van der Waals surface area contributed by atoms with Gasteiger partial charge in [-0.1, -0.05) is 6.92 Å². The molecule has 0 amide bonds. The highest BCUT2D eigenvalue weighted by atomic mass is 16.5. The van der Waals surface area contributed by atoms with Crippen LogP contribution in [-0.4, -0.2) is 24.3 Å². The molecule has 2 heteroatoms. The van der Waals surface area contributed by atoms with Crippen molar-refractivity contribution >= 4 is 0 Å². The summed E-state index contributed by atoms with van der Waals surface area (Å²) >= 11 is 0. The molecule has 1 spiro atoms. The molecule has 1 heterocycles. The minimum atomic E-state index is 0.359. The average molecular weight is 209 g/mol. The summed E-state index contributed by atoms with van der Waals surface area (Å²) < 4.78 is 6.07. The molecule has 0 aromatic carbocycles. The van der Waals surface area contributed by atoms with Gasteiger partial charge in [0.15, 0.2) is 0 Å². The van der Waals surface area contributed by atoms with Crippen molar-refractivity contribution in [3.63, 3.8) is 0 Å². The average Bonchev–Trinajstić information content (AvgIpc) is 2.70. The van der Waals surface area contributed by atoms with E-state index in [1.165, 1.54) is 44.9 Å². The first-order chi connectivity index (χ1) is 7.27. The molecule has 2 nitrogen and oxygen atoms in total. The molecule has 0 bridgehead atoms. The number of hydrogen-bond acceptors (Lipinski definition) is 2. The second kappa shape index (κ2) is 3.74. The molecule has 2 aliphatic carbocycles. The zero-order valence-corrected chi connectivity index (χ0v) is 9.80. The van der Waals surface area contributed by atoms with Crippen LogP contribution >= 0.6 is 0 Å². The summed E-state index contributed by atoms with van der Waals surface area (Å²) in [5, 5.41) is 3.93. The molecule has 2 saturated carbocycles. The molecule has 15 heavy (non-hydrogen) atoms. The Labute approximate surface area is 92.8 Å². The molecular weight excluding hydrogens is 186 g/mol. The van der Waals surface area contributed by atoms with E-state index in [4.69, 9.17) is 4.74 Å². The number of ether oxygens (including phenoxy) is 1. The van der Waals surface area contributed by atoms with Crippen molar-refractivity contribution in [3.05, 3.63) is 0 Å². The summed E-state index contributed by atoms with van der Waals surface area (Å²) in [5.74, 6) is 0.929. The largest absolute Gasteiger partial charge is 0.375 e. The molecule has 1 N–H and O–H groups in total. The van der Waals surface area contributed by atoms with Gasteiger partial charge in [-0.15, -0.1) is 0 Å². The van der Waals surface area contributed by atoms with E-state index in [-0.39, 0.29) is 0 Å². The highest BCUT2D eigenvalue weighted by Crippen LogP contribution is 2.38. The van der Waals surface area contributed by atoms with Crippen molar-refractivity contribution < 1.29 is 4.74 Å². The topological polar surface area (TPSA) is 21.3 Å². The molecule has 3 rings (SSSR count). The van der Waals surface area contributed by atoms with E-state index in [9.17, 15) is 0 Å². The van der Waals surface area contributed by atoms with E-state index >= 15 is 0 Å². The number of morpholine rings is 1. The lowest BCUT2D eigenvalue weighted by atomic mass is 9.76. The molecule has 2 unspecified atom stereocenters. The Balaban J connectivity index is 1.67. The van der Waals surface area contributed by atoms with Crippen molar-refractivity contribution in [3.8, 4) is 0 Å². The summed E-state index contributed by atoms with van der Waals surface area (Å²) in [6.45, 7) is 3.36. The van der Waals surface area contributed by atoms with Crippen LogP contribution in [0.2, 0.25) is 0 Å². The first-order valence-corrected chi connectivity index (χ1v) is 6.67. The van der Waals surface area contributed by atoms with Gasteiger partial charge in [-0.2, -0.15) is 0 Å². The Bertz CT molecular complexity index is 233. The van der Waals surface area contributed by atoms with Crippen molar-refractivity contribution in [2.75, 3.05) is 6.61 Å². The third-order valence-corrected chi connectivity index (χ3v) is 4.75. The van der Waals surface area contributed by atoms with Gasteiger partial charge in [-0.05, 0) is 50.9 Å². The highest BCUT2D eigenvalue weighted by Gasteiger charge is 2.43. The lowest BCUT2D eigenvalue weighted by Crippen LogP contribution is -2.62. The van der Waals surface area contributed by atoms with Gasteiger partial charge in [0, 0.05) is 11.6 Å². The molecular formula is C13H23NO. The first kappa shape index (κ1) is 10.1. The second-order valence-electron chi connectivity index (χ2n) is 5.99. The van der Waals surface area contributed by atoms with Crippen LogP contribution in [0.15, 0.2) is 0 Å². The first-order valence-electron chi connectivity index (χ1n) is 6.67. The van der Waals surface area contributed by atoms with Crippen molar-refractivity contribution in [1.29, 1.82) is 0 Å². The third kappa shape index (κ3) is 1.83. The van der Waals surface area contributed by atoms with E-state index < -0.39 is 0 Å². The fraction of sp³-hybridized carbons (Fsp3) is 1.00. The Morgan fingerprint density at radius 1 is 1.13 bits per heavy atom. The maximum atomic E-state index is 6.07. The Morgan fingerprint density at radius 2 is 1.93 bits per heavy atom. The number of nitrogens with one attached hydrogen (secondary N) is 1. The van der Waals surface area contributed by atoms with Gasteiger partial charge in [0.2, 0.25) is 0 Å². The minimum absolute atomic E-state index is 0.359. The summed E-state index contributed by atoms with van der Waals surface area (Å²) in [6.07, 6.45) is 9.94.